The fourth-order valence-electron chi connectivity index (χ4n) is 2.98. The van der Waals surface area contributed by atoms with Gasteiger partial charge < -0.3 is 19.8 Å². The van der Waals surface area contributed by atoms with Gasteiger partial charge in [-0.25, -0.2) is 14.8 Å². The van der Waals surface area contributed by atoms with Crippen LogP contribution in [0.1, 0.15) is 20.8 Å². The molecule has 2 aromatic carbocycles. The molecule has 2 N–H and O–H groups in total. The number of H-pyrrole nitrogens is 1. The number of aromatic nitrogens is 3. The number of nitrogens with one attached hydrogen (secondary N) is 2. The van der Waals surface area contributed by atoms with E-state index in [2.05, 4.69) is 20.3 Å². The molecule has 8 heteroatoms. The van der Waals surface area contributed by atoms with Gasteiger partial charge in [0.05, 0.1) is 6.20 Å². The van der Waals surface area contributed by atoms with E-state index in [-0.39, 0.29) is 5.56 Å². The van der Waals surface area contributed by atoms with Crippen LogP contribution in [0.4, 0.5) is 4.79 Å². The molecule has 30 heavy (non-hydrogen) atoms. The molecule has 2 heterocycles. The summed E-state index contributed by atoms with van der Waals surface area (Å²) in [4.78, 5) is 34.6. The fraction of sp³-hybridized carbons (Fsp3) is 0.182. The quantitative estimate of drug-likeness (QED) is 0.531. The second kappa shape index (κ2) is 7.47. The summed E-state index contributed by atoms with van der Waals surface area (Å²) in [7, 11) is 0. The van der Waals surface area contributed by atoms with Crippen LogP contribution in [0.25, 0.3) is 21.9 Å². The van der Waals surface area contributed by atoms with Crippen LogP contribution in [-0.2, 0) is 0 Å². The molecule has 4 aromatic rings. The highest BCUT2D eigenvalue weighted by Crippen LogP contribution is 2.36. The zero-order chi connectivity index (χ0) is 21.3. The van der Waals surface area contributed by atoms with Crippen LogP contribution in [0.5, 0.6) is 17.2 Å². The van der Waals surface area contributed by atoms with E-state index in [1.807, 2.05) is 45.0 Å². The molecule has 0 saturated carbocycles. The number of amides is 1. The minimum atomic E-state index is -0.533. The molecule has 0 aliphatic heterocycles. The van der Waals surface area contributed by atoms with Crippen molar-refractivity contribution in [3.63, 3.8) is 0 Å². The normalized spacial score (nSPS) is 11.4. The van der Waals surface area contributed by atoms with Crippen molar-refractivity contribution in [2.45, 2.75) is 26.3 Å². The number of benzene rings is 2. The number of carbonyl (C=O) groups excluding carboxylic acids is 1. The maximum Gasteiger partial charge on any atom is 0.413 e. The zero-order valence-corrected chi connectivity index (χ0v) is 16.7. The van der Waals surface area contributed by atoms with Crippen molar-refractivity contribution in [1.29, 1.82) is 0 Å². The lowest BCUT2D eigenvalue weighted by atomic mass is 10.1. The van der Waals surface area contributed by atoms with E-state index in [0.717, 1.165) is 10.8 Å². The molecule has 8 nitrogen and oxygen atoms in total. The molecular formula is C22H20N4O4. The number of carbonyl (C=O) groups is 1. The van der Waals surface area contributed by atoms with E-state index in [9.17, 15) is 9.59 Å². The first-order valence-corrected chi connectivity index (χ1v) is 9.34. The third-order valence-corrected chi connectivity index (χ3v) is 4.18. The molecule has 2 aromatic heterocycles. The van der Waals surface area contributed by atoms with Crippen LogP contribution < -0.4 is 20.3 Å². The van der Waals surface area contributed by atoms with Gasteiger partial charge in [0.15, 0.2) is 11.4 Å². The molecular weight excluding hydrogens is 384 g/mol. The maximum absolute atomic E-state index is 12.2. The molecule has 0 aliphatic carbocycles. The lowest BCUT2D eigenvalue weighted by molar-refractivity contribution is 0.191. The monoisotopic (exact) mass is 404 g/mol. The van der Waals surface area contributed by atoms with Gasteiger partial charge in [0.2, 0.25) is 0 Å². The summed E-state index contributed by atoms with van der Waals surface area (Å²) < 4.78 is 11.6. The Morgan fingerprint density at radius 2 is 1.67 bits per heavy atom. The Balaban J connectivity index is 1.72. The summed E-state index contributed by atoms with van der Waals surface area (Å²) in [6, 6.07) is 12.5. The average Bonchev–Trinajstić information content (AvgIpc) is 2.68. The van der Waals surface area contributed by atoms with Gasteiger partial charge in [0.25, 0.3) is 5.56 Å². The van der Waals surface area contributed by atoms with Crippen LogP contribution in [0.3, 0.4) is 0 Å². The Labute approximate surface area is 171 Å². The van der Waals surface area contributed by atoms with Crippen molar-refractivity contribution in [1.82, 2.24) is 20.3 Å². The van der Waals surface area contributed by atoms with Gasteiger partial charge in [-0.05, 0) is 32.9 Å². The average molecular weight is 404 g/mol. The third kappa shape index (κ3) is 4.07. The largest absolute Gasteiger partial charge is 0.454 e. The summed E-state index contributed by atoms with van der Waals surface area (Å²) in [5.41, 5.74) is 0.0218. The van der Waals surface area contributed by atoms with Crippen molar-refractivity contribution in [2.24, 2.45) is 0 Å². The summed E-state index contributed by atoms with van der Waals surface area (Å²) in [5, 5.41) is 4.25. The SMILES string of the molecule is CC(C)(C)NC(=O)Oc1ccc(Oc2ccnc3[nH]c(=O)cnc23)c2ccccc12. The van der Waals surface area contributed by atoms with Crippen LogP contribution in [0.15, 0.2) is 59.7 Å². The molecule has 0 aliphatic rings. The highest BCUT2D eigenvalue weighted by atomic mass is 16.6. The number of hydrogen-bond donors (Lipinski definition) is 2. The third-order valence-electron chi connectivity index (χ3n) is 4.18. The smallest absolute Gasteiger partial charge is 0.413 e. The minimum Gasteiger partial charge on any atom is -0.454 e. The predicted molar refractivity (Wildman–Crippen MR) is 113 cm³/mol. The Bertz CT molecular complexity index is 1310. The Morgan fingerprint density at radius 3 is 2.40 bits per heavy atom. The van der Waals surface area contributed by atoms with Gasteiger partial charge in [-0.2, -0.15) is 0 Å². The van der Waals surface area contributed by atoms with Crippen molar-refractivity contribution in [2.75, 3.05) is 0 Å². The number of pyridine rings is 1. The molecule has 0 spiro atoms. The van der Waals surface area contributed by atoms with Crippen molar-refractivity contribution in [3.05, 3.63) is 65.2 Å². The molecule has 1 amide bonds. The number of nitrogens with zero attached hydrogens (tertiary/aromatic N) is 2. The van der Waals surface area contributed by atoms with E-state index < -0.39 is 11.6 Å². The molecule has 0 saturated heterocycles. The van der Waals surface area contributed by atoms with Gasteiger partial charge >= 0.3 is 6.09 Å². The summed E-state index contributed by atoms with van der Waals surface area (Å²) in [5.74, 6) is 1.41. The standard InChI is InChI=1S/C22H20N4O4/c1-22(2,3)26-21(28)30-16-9-8-15(13-6-4-5-7-14(13)16)29-17-10-11-23-20-19(17)24-12-18(27)25-20/h4-12H,1-3H3,(H,26,28)(H,23,25,27). The van der Waals surface area contributed by atoms with Crippen molar-refractivity contribution >= 4 is 28.0 Å². The Hall–Kier alpha value is -3.94. The predicted octanol–water partition coefficient (Wildman–Crippen LogP) is 4.15. The van der Waals surface area contributed by atoms with E-state index in [1.165, 1.54) is 12.4 Å². The van der Waals surface area contributed by atoms with E-state index >= 15 is 0 Å². The van der Waals surface area contributed by atoms with Crippen LogP contribution in [-0.4, -0.2) is 26.6 Å². The molecule has 0 atom stereocenters. The first kappa shape index (κ1) is 19.4. The summed E-state index contributed by atoms with van der Waals surface area (Å²) in [6.45, 7) is 5.64. The molecule has 4 rings (SSSR count). The number of ether oxygens (including phenoxy) is 2. The second-order valence-electron chi connectivity index (χ2n) is 7.73. The lowest BCUT2D eigenvalue weighted by Crippen LogP contribution is -2.42. The Morgan fingerprint density at radius 1 is 0.967 bits per heavy atom. The van der Waals surface area contributed by atoms with E-state index in [1.54, 1.807) is 18.2 Å². The van der Waals surface area contributed by atoms with Crippen molar-refractivity contribution < 1.29 is 14.3 Å². The van der Waals surface area contributed by atoms with Crippen LogP contribution in [0, 0.1) is 0 Å². The van der Waals surface area contributed by atoms with Gasteiger partial charge in [0, 0.05) is 28.6 Å². The minimum absolute atomic E-state index is 0.336. The van der Waals surface area contributed by atoms with Crippen LogP contribution in [0.2, 0.25) is 0 Å². The van der Waals surface area contributed by atoms with Gasteiger partial charge in [-0.1, -0.05) is 24.3 Å². The molecule has 0 unspecified atom stereocenters. The highest BCUT2D eigenvalue weighted by Gasteiger charge is 2.17. The zero-order valence-electron chi connectivity index (χ0n) is 16.7. The first-order valence-electron chi connectivity index (χ1n) is 9.34. The van der Waals surface area contributed by atoms with Crippen molar-refractivity contribution in [3.8, 4) is 17.2 Å². The number of hydrogen-bond acceptors (Lipinski definition) is 6. The number of fused-ring (bicyclic) bond motifs is 2. The lowest BCUT2D eigenvalue weighted by Gasteiger charge is -2.20. The highest BCUT2D eigenvalue weighted by molar-refractivity contribution is 5.95. The number of rotatable bonds is 3. The molecule has 0 fully saturated rings. The molecule has 0 bridgehead atoms. The fourth-order valence-corrected chi connectivity index (χ4v) is 2.98. The van der Waals surface area contributed by atoms with E-state index in [4.69, 9.17) is 9.47 Å². The van der Waals surface area contributed by atoms with Gasteiger partial charge in [0.1, 0.15) is 17.0 Å². The number of aromatic amines is 1. The molecule has 152 valence electrons. The Kier molecular flexibility index (Phi) is 4.83. The first-order chi connectivity index (χ1) is 14.3. The van der Waals surface area contributed by atoms with Gasteiger partial charge in [-0.3, -0.25) is 4.79 Å². The van der Waals surface area contributed by atoms with Gasteiger partial charge in [-0.15, -0.1) is 0 Å². The maximum atomic E-state index is 12.2. The van der Waals surface area contributed by atoms with Crippen LogP contribution >= 0.6 is 0 Å². The van der Waals surface area contributed by atoms with E-state index in [0.29, 0.717) is 28.4 Å². The second-order valence-corrected chi connectivity index (χ2v) is 7.73. The topological polar surface area (TPSA) is 106 Å². The summed E-state index contributed by atoms with van der Waals surface area (Å²) in [6.07, 6.45) is 2.18. The molecule has 0 radical (unpaired) electrons. The summed E-state index contributed by atoms with van der Waals surface area (Å²) >= 11 is 0.